The topological polar surface area (TPSA) is 68.3 Å². The summed E-state index contributed by atoms with van der Waals surface area (Å²) in [5, 5.41) is 2.14. The van der Waals surface area contributed by atoms with Gasteiger partial charge in [0.2, 0.25) is 5.91 Å². The molecular weight excluding hydrogens is 444 g/mol. The number of anilines is 2. The number of ether oxygens (including phenoxy) is 2. The quantitative estimate of drug-likeness (QED) is 0.521. The van der Waals surface area contributed by atoms with Crippen molar-refractivity contribution in [3.63, 3.8) is 0 Å². The summed E-state index contributed by atoms with van der Waals surface area (Å²) in [5.74, 6) is -0.377. The zero-order valence-electron chi connectivity index (χ0n) is 18.0. The molecule has 168 valence electrons. The van der Waals surface area contributed by atoms with Gasteiger partial charge in [-0.3, -0.25) is 14.4 Å². The molecule has 7 nitrogen and oxygen atoms in total. The van der Waals surface area contributed by atoms with Crippen molar-refractivity contribution >= 4 is 34.8 Å². The molecule has 0 saturated carbocycles. The molecule has 2 aliphatic rings. The largest absolute Gasteiger partial charge is 0.497 e. The highest BCUT2D eigenvalue weighted by molar-refractivity contribution is 6.31. The summed E-state index contributed by atoms with van der Waals surface area (Å²) < 4.78 is 11.0. The molecule has 2 fully saturated rings. The van der Waals surface area contributed by atoms with E-state index >= 15 is 0 Å². The lowest BCUT2D eigenvalue weighted by Crippen LogP contribution is -2.37. The van der Waals surface area contributed by atoms with Gasteiger partial charge in [-0.25, -0.2) is 9.96 Å². The number of fused-ring (bicyclic) bond motifs is 1. The Morgan fingerprint density at radius 3 is 2.24 bits per heavy atom. The number of amides is 2. The lowest BCUT2D eigenvalue weighted by molar-refractivity contribution is -0.126. The second-order valence-electron chi connectivity index (χ2n) is 7.75. The Morgan fingerprint density at radius 2 is 1.58 bits per heavy atom. The van der Waals surface area contributed by atoms with Crippen LogP contribution in [0.2, 0.25) is 5.02 Å². The van der Waals surface area contributed by atoms with Crippen molar-refractivity contribution in [1.29, 1.82) is 0 Å². The molecule has 3 aromatic rings. The molecule has 0 bridgehead atoms. The molecule has 0 aromatic heterocycles. The van der Waals surface area contributed by atoms with Gasteiger partial charge in [0.1, 0.15) is 23.5 Å². The van der Waals surface area contributed by atoms with Gasteiger partial charge in [-0.05, 0) is 54.6 Å². The number of imide groups is 1. The smallest absolute Gasteiger partial charge is 0.266 e. The molecule has 3 atom stereocenters. The highest BCUT2D eigenvalue weighted by Gasteiger charge is 2.60. The summed E-state index contributed by atoms with van der Waals surface area (Å²) in [6.07, 6.45) is -0.978. The number of halogens is 1. The first kappa shape index (κ1) is 21.3. The number of hydroxylamine groups is 1. The van der Waals surface area contributed by atoms with Crippen LogP contribution in [0.5, 0.6) is 11.5 Å². The van der Waals surface area contributed by atoms with Gasteiger partial charge in [0.25, 0.3) is 5.91 Å². The number of rotatable bonds is 5. The molecule has 0 aliphatic carbocycles. The first-order valence-electron chi connectivity index (χ1n) is 10.4. The molecule has 2 aliphatic heterocycles. The fraction of sp³-hybridized carbons (Fsp3) is 0.200. The Labute approximate surface area is 196 Å². The van der Waals surface area contributed by atoms with Gasteiger partial charge in [-0.2, -0.15) is 0 Å². The van der Waals surface area contributed by atoms with Gasteiger partial charge >= 0.3 is 0 Å². The zero-order valence-corrected chi connectivity index (χ0v) is 18.7. The molecule has 0 N–H and O–H groups in total. The van der Waals surface area contributed by atoms with E-state index in [2.05, 4.69) is 0 Å². The zero-order chi connectivity index (χ0) is 23.1. The first-order valence-corrected chi connectivity index (χ1v) is 10.8. The third-order valence-corrected chi connectivity index (χ3v) is 6.22. The van der Waals surface area contributed by atoms with Crippen LogP contribution in [0.15, 0.2) is 72.8 Å². The summed E-state index contributed by atoms with van der Waals surface area (Å²) in [7, 11) is 3.13. The van der Waals surface area contributed by atoms with E-state index in [-0.39, 0.29) is 5.91 Å². The number of methoxy groups -OCH3 is 2. The molecule has 3 aromatic carbocycles. The Bertz CT molecular complexity index is 1200. The van der Waals surface area contributed by atoms with Gasteiger partial charge in [-0.1, -0.05) is 29.8 Å². The molecule has 2 amide bonds. The number of nitrogens with zero attached hydrogens (tertiary/aromatic N) is 2. The van der Waals surface area contributed by atoms with Crippen LogP contribution in [0, 0.1) is 5.92 Å². The van der Waals surface area contributed by atoms with Crippen LogP contribution in [0.25, 0.3) is 0 Å². The monoisotopic (exact) mass is 464 g/mol. The Kier molecular flexibility index (Phi) is 5.44. The fourth-order valence-electron chi connectivity index (χ4n) is 4.44. The summed E-state index contributed by atoms with van der Waals surface area (Å²) in [5.41, 5.74) is 1.86. The van der Waals surface area contributed by atoms with Crippen LogP contribution in [0.3, 0.4) is 0 Å². The van der Waals surface area contributed by atoms with E-state index < -0.39 is 24.0 Å². The molecular formula is C25H21ClN2O5. The van der Waals surface area contributed by atoms with Crippen LogP contribution >= 0.6 is 11.6 Å². The highest BCUT2D eigenvalue weighted by Crippen LogP contribution is 2.50. The van der Waals surface area contributed by atoms with E-state index in [9.17, 15) is 9.59 Å². The predicted octanol–water partition coefficient (Wildman–Crippen LogP) is 4.41. The van der Waals surface area contributed by atoms with Crippen molar-refractivity contribution in [3.05, 3.63) is 83.4 Å². The number of hydrogen-bond acceptors (Lipinski definition) is 6. The minimum Gasteiger partial charge on any atom is -0.497 e. The lowest BCUT2D eigenvalue weighted by Gasteiger charge is -2.29. The molecule has 8 heteroatoms. The normalized spacial score (nSPS) is 22.0. The number of carbonyl (C=O) groups excluding carboxylic acids is 2. The second kappa shape index (κ2) is 8.42. The number of para-hydroxylation sites is 1. The van der Waals surface area contributed by atoms with E-state index in [1.165, 1.54) is 4.90 Å². The van der Waals surface area contributed by atoms with Crippen molar-refractivity contribution in [2.75, 3.05) is 24.2 Å². The molecule has 2 heterocycles. The van der Waals surface area contributed by atoms with Gasteiger partial charge in [0.05, 0.1) is 25.6 Å². The predicted molar refractivity (Wildman–Crippen MR) is 124 cm³/mol. The SMILES string of the molecule is COc1ccc(OC)c([C@@H]2[C@H]3C(=O)N(c4ccc(Cl)cc4)C(=O)[C@H]3ON2c2ccccc2)c1. The van der Waals surface area contributed by atoms with Crippen molar-refractivity contribution in [2.45, 2.75) is 12.1 Å². The van der Waals surface area contributed by atoms with E-state index in [0.717, 1.165) is 5.69 Å². The van der Waals surface area contributed by atoms with Crippen LogP contribution in [0.4, 0.5) is 11.4 Å². The number of carbonyl (C=O) groups is 2. The number of hydrogen-bond donors (Lipinski definition) is 0. The second-order valence-corrected chi connectivity index (χ2v) is 8.19. The van der Waals surface area contributed by atoms with Crippen molar-refractivity contribution in [3.8, 4) is 11.5 Å². The van der Waals surface area contributed by atoms with Crippen molar-refractivity contribution in [2.24, 2.45) is 5.92 Å². The molecule has 5 rings (SSSR count). The van der Waals surface area contributed by atoms with Gasteiger partial charge < -0.3 is 9.47 Å². The average Bonchev–Trinajstić information content (AvgIpc) is 3.36. The lowest BCUT2D eigenvalue weighted by atomic mass is 9.89. The third kappa shape index (κ3) is 3.50. The minimum atomic E-state index is -0.978. The van der Waals surface area contributed by atoms with Crippen LogP contribution < -0.4 is 19.4 Å². The third-order valence-electron chi connectivity index (χ3n) is 5.97. The average molecular weight is 465 g/mol. The minimum absolute atomic E-state index is 0.347. The standard InChI is InChI=1S/C25H21ClN2O5/c1-31-18-12-13-20(32-2)19(14-18)22-21-23(33-28(22)17-6-4-3-5-7-17)25(30)27(24(21)29)16-10-8-15(26)9-11-16/h3-14,21-23H,1-2H3/t21-,22-,23+/m1/s1. The van der Waals surface area contributed by atoms with Crippen LogP contribution in [-0.2, 0) is 14.4 Å². The Hall–Kier alpha value is -3.55. The van der Waals surface area contributed by atoms with E-state index in [1.54, 1.807) is 55.7 Å². The van der Waals surface area contributed by atoms with Gasteiger partial charge in [0, 0.05) is 10.6 Å². The van der Waals surface area contributed by atoms with E-state index in [4.69, 9.17) is 25.9 Å². The molecule has 2 saturated heterocycles. The summed E-state index contributed by atoms with van der Waals surface area (Å²) in [6.45, 7) is 0. The maximum atomic E-state index is 13.7. The highest BCUT2D eigenvalue weighted by atomic mass is 35.5. The van der Waals surface area contributed by atoms with Crippen LogP contribution in [0.1, 0.15) is 11.6 Å². The van der Waals surface area contributed by atoms with Gasteiger partial charge in [0.15, 0.2) is 6.10 Å². The number of benzene rings is 3. The first-order chi connectivity index (χ1) is 16.0. The fourth-order valence-corrected chi connectivity index (χ4v) is 4.57. The summed E-state index contributed by atoms with van der Waals surface area (Å²) in [6, 6.07) is 20.7. The summed E-state index contributed by atoms with van der Waals surface area (Å²) in [4.78, 5) is 34.4. The van der Waals surface area contributed by atoms with E-state index in [1.807, 2.05) is 36.4 Å². The van der Waals surface area contributed by atoms with Crippen molar-refractivity contribution in [1.82, 2.24) is 0 Å². The summed E-state index contributed by atoms with van der Waals surface area (Å²) >= 11 is 5.99. The Morgan fingerprint density at radius 1 is 0.848 bits per heavy atom. The maximum absolute atomic E-state index is 13.7. The van der Waals surface area contributed by atoms with E-state index in [0.29, 0.717) is 27.8 Å². The van der Waals surface area contributed by atoms with Gasteiger partial charge in [-0.15, -0.1) is 0 Å². The Balaban J connectivity index is 1.63. The molecule has 0 unspecified atom stereocenters. The molecule has 33 heavy (non-hydrogen) atoms. The van der Waals surface area contributed by atoms with Crippen molar-refractivity contribution < 1.29 is 23.9 Å². The maximum Gasteiger partial charge on any atom is 0.266 e. The molecule has 0 spiro atoms. The van der Waals surface area contributed by atoms with Crippen LogP contribution in [-0.4, -0.2) is 32.1 Å². The molecule has 0 radical (unpaired) electrons.